The second-order valence-corrected chi connectivity index (χ2v) is 4.35. The minimum Gasteiger partial charge on any atom is -0.455 e. The van der Waals surface area contributed by atoms with Crippen LogP contribution in [0.2, 0.25) is 0 Å². The average molecular weight is 285 g/mol. The number of aliphatic hydroxyl groups excluding tert-OH is 2. The fourth-order valence-electron chi connectivity index (χ4n) is 2.03. The second kappa shape index (κ2) is 5.57. The van der Waals surface area contributed by atoms with Crippen molar-refractivity contribution >= 4 is 11.8 Å². The molecule has 1 aromatic rings. The Labute approximate surface area is 113 Å². The first kappa shape index (κ1) is 14.4. The summed E-state index contributed by atoms with van der Waals surface area (Å²) in [7, 11) is 0. The number of nitrogens with two attached hydrogens (primary N) is 1. The summed E-state index contributed by atoms with van der Waals surface area (Å²) in [5, 5.41) is 19.1. The Morgan fingerprint density at radius 1 is 1.65 bits per heavy atom. The number of nitrogen functional groups attached to an aromatic ring is 1. The highest BCUT2D eigenvalue weighted by atomic mass is 16.6. The van der Waals surface area contributed by atoms with Crippen molar-refractivity contribution in [2.24, 2.45) is 0 Å². The van der Waals surface area contributed by atoms with Gasteiger partial charge in [-0.25, -0.2) is 4.79 Å². The van der Waals surface area contributed by atoms with Crippen LogP contribution in [0, 0.1) is 0 Å². The molecule has 1 fully saturated rings. The monoisotopic (exact) mass is 285 g/mol. The number of rotatable bonds is 3. The lowest BCUT2D eigenvalue weighted by molar-refractivity contribution is -0.156. The van der Waals surface area contributed by atoms with Crippen molar-refractivity contribution in [3.05, 3.63) is 22.7 Å². The van der Waals surface area contributed by atoms with E-state index in [2.05, 4.69) is 4.98 Å². The Morgan fingerprint density at radius 3 is 2.90 bits per heavy atom. The van der Waals surface area contributed by atoms with Crippen LogP contribution in [0.1, 0.15) is 13.2 Å². The number of esters is 1. The summed E-state index contributed by atoms with van der Waals surface area (Å²) in [5.41, 5.74) is 4.67. The summed E-state index contributed by atoms with van der Waals surface area (Å²) >= 11 is 0. The lowest BCUT2D eigenvalue weighted by Crippen LogP contribution is -2.39. The van der Waals surface area contributed by atoms with E-state index in [-0.39, 0.29) is 5.82 Å². The molecule has 4 atom stereocenters. The number of hydrogen-bond acceptors (Lipinski definition) is 8. The maximum Gasteiger partial charge on any atom is 0.351 e. The number of ether oxygens (including phenoxy) is 2. The van der Waals surface area contributed by atoms with Crippen molar-refractivity contribution in [3.63, 3.8) is 0 Å². The maximum atomic E-state index is 11.8. The number of aliphatic hydroxyl groups is 2. The summed E-state index contributed by atoms with van der Waals surface area (Å²) < 4.78 is 11.4. The first-order chi connectivity index (χ1) is 9.43. The summed E-state index contributed by atoms with van der Waals surface area (Å²) in [5.74, 6) is -0.606. The molecule has 1 saturated heterocycles. The second-order valence-electron chi connectivity index (χ2n) is 4.35. The molecule has 110 valence electrons. The molecule has 0 radical (unpaired) electrons. The van der Waals surface area contributed by atoms with Crippen molar-refractivity contribution in [1.82, 2.24) is 9.55 Å². The van der Waals surface area contributed by atoms with E-state index in [1.165, 1.54) is 19.2 Å². The van der Waals surface area contributed by atoms with Crippen molar-refractivity contribution in [3.8, 4) is 0 Å². The molecule has 1 aliphatic heterocycles. The van der Waals surface area contributed by atoms with Gasteiger partial charge in [0.2, 0.25) is 0 Å². The van der Waals surface area contributed by atoms with E-state index in [0.29, 0.717) is 0 Å². The quantitative estimate of drug-likeness (QED) is 0.543. The van der Waals surface area contributed by atoms with Gasteiger partial charge in [0, 0.05) is 13.1 Å². The van der Waals surface area contributed by atoms with Crippen molar-refractivity contribution in [2.75, 3.05) is 12.3 Å². The van der Waals surface area contributed by atoms with Gasteiger partial charge in [-0.05, 0) is 6.07 Å². The summed E-state index contributed by atoms with van der Waals surface area (Å²) in [6, 6.07) is 1.37. The van der Waals surface area contributed by atoms with Crippen LogP contribution in [0.5, 0.6) is 0 Å². The van der Waals surface area contributed by atoms with E-state index in [0.717, 1.165) is 4.57 Å². The fraction of sp³-hybridized carbons (Fsp3) is 0.545. The van der Waals surface area contributed by atoms with Crippen molar-refractivity contribution < 1.29 is 24.5 Å². The Morgan fingerprint density at radius 2 is 2.35 bits per heavy atom. The molecule has 20 heavy (non-hydrogen) atoms. The van der Waals surface area contributed by atoms with E-state index in [1.807, 2.05) is 0 Å². The van der Waals surface area contributed by atoms with E-state index in [1.54, 1.807) is 0 Å². The van der Waals surface area contributed by atoms with Gasteiger partial charge in [-0.2, -0.15) is 4.98 Å². The Kier molecular flexibility index (Phi) is 4.02. The normalized spacial score (nSPS) is 29.4. The van der Waals surface area contributed by atoms with Gasteiger partial charge in [-0.1, -0.05) is 0 Å². The Hall–Kier alpha value is -1.97. The van der Waals surface area contributed by atoms with Crippen molar-refractivity contribution in [1.29, 1.82) is 0 Å². The predicted molar refractivity (Wildman–Crippen MR) is 65.5 cm³/mol. The molecule has 2 heterocycles. The average Bonchev–Trinajstić information content (AvgIpc) is 2.66. The molecular formula is C11H15N3O6. The fourth-order valence-corrected chi connectivity index (χ4v) is 2.03. The standard InChI is InChI=1S/C11H15N3O6/c1-5(16)19-9-8(17)6(4-15)20-10(9)14-3-2-7(12)13-11(14)18/h2-3,6,8-10,15,17H,4H2,1H3,(H2,12,13,18)/t6-,8?,9+,10-/m1/s1. The highest BCUT2D eigenvalue weighted by Crippen LogP contribution is 2.30. The van der Waals surface area contributed by atoms with Gasteiger partial charge in [-0.15, -0.1) is 0 Å². The first-order valence-corrected chi connectivity index (χ1v) is 5.90. The third-order valence-electron chi connectivity index (χ3n) is 2.92. The molecule has 0 aliphatic carbocycles. The lowest BCUT2D eigenvalue weighted by atomic mass is 10.1. The summed E-state index contributed by atoms with van der Waals surface area (Å²) in [6.45, 7) is 0.687. The summed E-state index contributed by atoms with van der Waals surface area (Å²) in [4.78, 5) is 26.4. The molecule has 0 amide bonds. The van der Waals surface area contributed by atoms with Crippen LogP contribution in [0.25, 0.3) is 0 Å². The van der Waals surface area contributed by atoms with E-state index >= 15 is 0 Å². The van der Waals surface area contributed by atoms with Crippen LogP contribution in [0.3, 0.4) is 0 Å². The number of carbonyl (C=O) groups excluding carboxylic acids is 1. The zero-order valence-electron chi connectivity index (χ0n) is 10.7. The van der Waals surface area contributed by atoms with Crippen molar-refractivity contribution in [2.45, 2.75) is 31.5 Å². The molecule has 0 saturated carbocycles. The van der Waals surface area contributed by atoms with Crippen LogP contribution in [-0.4, -0.2) is 50.7 Å². The molecule has 1 aliphatic rings. The largest absolute Gasteiger partial charge is 0.455 e. The minimum atomic E-state index is -1.25. The van der Waals surface area contributed by atoms with Crippen LogP contribution in [0.4, 0.5) is 5.82 Å². The molecule has 0 aromatic carbocycles. The van der Waals surface area contributed by atoms with E-state index in [4.69, 9.17) is 20.3 Å². The molecule has 9 nitrogen and oxygen atoms in total. The molecule has 0 bridgehead atoms. The van der Waals surface area contributed by atoms with Crippen LogP contribution in [-0.2, 0) is 14.3 Å². The highest BCUT2D eigenvalue weighted by molar-refractivity contribution is 5.66. The Bertz CT molecular complexity index is 559. The molecule has 1 unspecified atom stereocenters. The highest BCUT2D eigenvalue weighted by Gasteiger charge is 2.47. The topological polar surface area (TPSA) is 137 Å². The van der Waals surface area contributed by atoms with Gasteiger partial charge in [0.05, 0.1) is 6.61 Å². The van der Waals surface area contributed by atoms with Gasteiger partial charge in [-0.3, -0.25) is 9.36 Å². The predicted octanol–water partition coefficient (Wildman–Crippen LogP) is -1.99. The SMILES string of the molecule is CC(=O)O[C@H]1C(O)[C@@H](CO)O[C@H]1n1ccc(N)nc1=O. The minimum absolute atomic E-state index is 0.0348. The van der Waals surface area contributed by atoms with Crippen LogP contribution >= 0.6 is 0 Å². The molecule has 1 aromatic heterocycles. The molecule has 9 heteroatoms. The number of carbonyl (C=O) groups is 1. The third-order valence-corrected chi connectivity index (χ3v) is 2.92. The molecular weight excluding hydrogens is 270 g/mol. The molecule has 4 N–H and O–H groups in total. The maximum absolute atomic E-state index is 11.8. The number of aromatic nitrogens is 2. The van der Waals surface area contributed by atoms with Gasteiger partial charge in [0.25, 0.3) is 0 Å². The third kappa shape index (κ3) is 2.64. The number of anilines is 1. The number of hydrogen-bond donors (Lipinski definition) is 3. The molecule has 2 rings (SSSR count). The van der Waals surface area contributed by atoms with E-state index < -0.39 is 42.8 Å². The zero-order chi connectivity index (χ0) is 14.9. The van der Waals surface area contributed by atoms with E-state index in [9.17, 15) is 14.7 Å². The number of nitrogens with zero attached hydrogens (tertiary/aromatic N) is 2. The van der Waals surface area contributed by atoms with Crippen LogP contribution < -0.4 is 11.4 Å². The Balaban J connectivity index is 2.36. The first-order valence-electron chi connectivity index (χ1n) is 5.90. The van der Waals surface area contributed by atoms with Gasteiger partial charge < -0.3 is 25.4 Å². The smallest absolute Gasteiger partial charge is 0.351 e. The van der Waals surface area contributed by atoms with Crippen LogP contribution in [0.15, 0.2) is 17.1 Å². The van der Waals surface area contributed by atoms with Gasteiger partial charge in [0.15, 0.2) is 12.3 Å². The van der Waals surface area contributed by atoms with Gasteiger partial charge in [0.1, 0.15) is 18.0 Å². The zero-order valence-corrected chi connectivity index (χ0v) is 10.7. The van der Waals surface area contributed by atoms with Gasteiger partial charge >= 0.3 is 11.7 Å². The lowest BCUT2D eigenvalue weighted by Gasteiger charge is -2.21. The summed E-state index contributed by atoms with van der Waals surface area (Å²) in [6.07, 6.45) is -3.09. The molecule has 0 spiro atoms.